The number of carbonyl (C=O) groups is 1. The molecule has 18 heavy (non-hydrogen) atoms. The Labute approximate surface area is 117 Å². The van der Waals surface area contributed by atoms with Crippen molar-refractivity contribution in [2.45, 2.75) is 39.7 Å². The molecule has 1 unspecified atom stereocenters. The first-order chi connectivity index (χ1) is 8.52. The van der Waals surface area contributed by atoms with Crippen molar-refractivity contribution in [1.82, 2.24) is 4.90 Å². The predicted molar refractivity (Wildman–Crippen MR) is 77.8 cm³/mol. The maximum atomic E-state index is 12.6. The summed E-state index contributed by atoms with van der Waals surface area (Å²) in [6, 6.07) is 6.28. The van der Waals surface area contributed by atoms with Crippen LogP contribution in [-0.2, 0) is 0 Å². The van der Waals surface area contributed by atoms with Crippen molar-refractivity contribution in [2.75, 3.05) is 6.54 Å². The third-order valence-electron chi connectivity index (χ3n) is 3.75. The van der Waals surface area contributed by atoms with Crippen molar-refractivity contribution in [2.24, 2.45) is 5.92 Å². The number of likely N-dealkylation sites (tertiary alicyclic amines) is 1. The van der Waals surface area contributed by atoms with Crippen LogP contribution in [0.4, 0.5) is 0 Å². The van der Waals surface area contributed by atoms with Crippen molar-refractivity contribution >= 4 is 21.8 Å². The van der Waals surface area contributed by atoms with Crippen LogP contribution in [0.3, 0.4) is 0 Å². The maximum Gasteiger partial charge on any atom is 0.255 e. The first-order valence-electron chi connectivity index (χ1n) is 6.58. The molecule has 2 nitrogen and oxygen atoms in total. The lowest BCUT2D eigenvalue weighted by Gasteiger charge is -2.28. The van der Waals surface area contributed by atoms with Crippen molar-refractivity contribution in [1.29, 1.82) is 0 Å². The summed E-state index contributed by atoms with van der Waals surface area (Å²) in [7, 11) is 0. The van der Waals surface area contributed by atoms with Crippen molar-refractivity contribution in [3.8, 4) is 0 Å². The molecule has 1 heterocycles. The largest absolute Gasteiger partial charge is 0.335 e. The molecule has 98 valence electrons. The second kappa shape index (κ2) is 5.43. The van der Waals surface area contributed by atoms with E-state index in [2.05, 4.69) is 29.8 Å². The predicted octanol–water partition coefficient (Wildman–Crippen LogP) is 4.02. The Hall–Kier alpha value is -0.830. The van der Waals surface area contributed by atoms with Crippen LogP contribution >= 0.6 is 15.9 Å². The van der Waals surface area contributed by atoms with Crippen LogP contribution in [0.25, 0.3) is 0 Å². The number of rotatable bonds is 2. The van der Waals surface area contributed by atoms with Crippen LogP contribution in [-0.4, -0.2) is 23.4 Å². The van der Waals surface area contributed by atoms with E-state index in [4.69, 9.17) is 0 Å². The number of nitrogens with zero attached hydrogens (tertiary/aromatic N) is 1. The molecule has 0 radical (unpaired) electrons. The Morgan fingerprint density at radius 3 is 2.83 bits per heavy atom. The molecule has 1 amide bonds. The molecular formula is C15H20BrNO. The molecule has 0 N–H and O–H groups in total. The fraction of sp³-hybridized carbons (Fsp3) is 0.533. The van der Waals surface area contributed by atoms with Gasteiger partial charge < -0.3 is 4.90 Å². The molecule has 0 aromatic heterocycles. The third kappa shape index (κ3) is 2.46. The molecule has 0 bridgehead atoms. The molecule has 2 rings (SSSR count). The first kappa shape index (κ1) is 13.6. The van der Waals surface area contributed by atoms with E-state index in [0.717, 1.165) is 35.0 Å². The van der Waals surface area contributed by atoms with Crippen LogP contribution in [0.15, 0.2) is 22.7 Å². The van der Waals surface area contributed by atoms with Gasteiger partial charge in [0.15, 0.2) is 0 Å². The zero-order chi connectivity index (χ0) is 13.3. The second-order valence-electron chi connectivity index (χ2n) is 5.39. The van der Waals surface area contributed by atoms with Crippen molar-refractivity contribution in [3.63, 3.8) is 0 Å². The van der Waals surface area contributed by atoms with Gasteiger partial charge in [0.05, 0.1) is 5.56 Å². The van der Waals surface area contributed by atoms with Gasteiger partial charge in [-0.1, -0.05) is 26.0 Å². The number of carbonyl (C=O) groups excluding carboxylic acids is 1. The number of amides is 1. The molecule has 1 aliphatic heterocycles. The molecule has 1 fully saturated rings. The fourth-order valence-corrected chi connectivity index (χ4v) is 3.14. The van der Waals surface area contributed by atoms with E-state index < -0.39 is 0 Å². The van der Waals surface area contributed by atoms with Gasteiger partial charge in [-0.15, -0.1) is 0 Å². The highest BCUT2D eigenvalue weighted by atomic mass is 79.9. The average Bonchev–Trinajstić information content (AvgIpc) is 2.81. The topological polar surface area (TPSA) is 20.3 Å². The Bertz CT molecular complexity index is 456. The molecule has 3 heteroatoms. The van der Waals surface area contributed by atoms with Crippen molar-refractivity contribution < 1.29 is 4.79 Å². The van der Waals surface area contributed by atoms with Gasteiger partial charge in [0.1, 0.15) is 0 Å². The number of hydrogen-bond acceptors (Lipinski definition) is 1. The normalized spacial score (nSPS) is 19.6. The van der Waals surface area contributed by atoms with Crippen LogP contribution in [0, 0.1) is 12.8 Å². The smallest absolute Gasteiger partial charge is 0.255 e. The standard InChI is InChI=1S/C15H20BrNO/c1-10(2)13-8-5-9-17(13)15(18)12-7-4-6-11(3)14(12)16/h4,6-7,10,13H,5,8-9H2,1-3H3. The lowest BCUT2D eigenvalue weighted by Crippen LogP contribution is -2.38. The van der Waals surface area contributed by atoms with E-state index in [1.165, 1.54) is 0 Å². The van der Waals surface area contributed by atoms with E-state index in [1.54, 1.807) is 0 Å². The molecule has 0 spiro atoms. The molecule has 0 aliphatic carbocycles. The lowest BCUT2D eigenvalue weighted by atomic mass is 10.0. The quantitative estimate of drug-likeness (QED) is 0.808. The van der Waals surface area contributed by atoms with Gasteiger partial charge in [0.25, 0.3) is 5.91 Å². The van der Waals surface area contributed by atoms with Gasteiger partial charge in [-0.2, -0.15) is 0 Å². The molecule has 0 saturated carbocycles. The summed E-state index contributed by atoms with van der Waals surface area (Å²) < 4.78 is 0.935. The van der Waals surface area contributed by atoms with Crippen molar-refractivity contribution in [3.05, 3.63) is 33.8 Å². The minimum atomic E-state index is 0.168. The van der Waals surface area contributed by atoms with Gasteiger partial charge in [0.2, 0.25) is 0 Å². The van der Waals surface area contributed by atoms with Gasteiger partial charge >= 0.3 is 0 Å². The van der Waals surface area contributed by atoms with Gasteiger partial charge in [-0.3, -0.25) is 4.79 Å². The van der Waals surface area contributed by atoms with E-state index in [0.29, 0.717) is 12.0 Å². The first-order valence-corrected chi connectivity index (χ1v) is 7.37. The van der Waals surface area contributed by atoms with E-state index in [-0.39, 0.29) is 5.91 Å². The summed E-state index contributed by atoms with van der Waals surface area (Å²) in [5, 5.41) is 0. The molecular weight excluding hydrogens is 290 g/mol. The van der Waals surface area contributed by atoms with E-state index in [1.807, 2.05) is 30.0 Å². The highest BCUT2D eigenvalue weighted by Gasteiger charge is 2.32. The molecule has 1 aromatic carbocycles. The molecule has 1 saturated heterocycles. The zero-order valence-electron chi connectivity index (χ0n) is 11.2. The minimum absolute atomic E-state index is 0.168. The fourth-order valence-electron chi connectivity index (χ4n) is 2.71. The SMILES string of the molecule is Cc1cccc(C(=O)N2CCCC2C(C)C)c1Br. The van der Waals surface area contributed by atoms with Crippen LogP contribution in [0.2, 0.25) is 0 Å². The van der Waals surface area contributed by atoms with E-state index >= 15 is 0 Å². The molecule has 1 aliphatic rings. The summed E-state index contributed by atoms with van der Waals surface area (Å²) in [4.78, 5) is 14.7. The third-order valence-corrected chi connectivity index (χ3v) is 4.80. The Morgan fingerprint density at radius 2 is 2.17 bits per heavy atom. The van der Waals surface area contributed by atoms with Crippen LogP contribution in [0.5, 0.6) is 0 Å². The minimum Gasteiger partial charge on any atom is -0.335 e. The van der Waals surface area contributed by atoms with Gasteiger partial charge in [-0.25, -0.2) is 0 Å². The highest BCUT2D eigenvalue weighted by Crippen LogP contribution is 2.28. The summed E-state index contributed by atoms with van der Waals surface area (Å²) in [6.07, 6.45) is 2.25. The number of aryl methyl sites for hydroxylation is 1. The summed E-state index contributed by atoms with van der Waals surface area (Å²) in [5.74, 6) is 0.696. The van der Waals surface area contributed by atoms with Crippen LogP contribution in [0.1, 0.15) is 42.6 Å². The number of hydrogen-bond donors (Lipinski definition) is 0. The Balaban J connectivity index is 2.28. The van der Waals surface area contributed by atoms with Crippen LogP contribution < -0.4 is 0 Å². The Morgan fingerprint density at radius 1 is 1.44 bits per heavy atom. The van der Waals surface area contributed by atoms with Gasteiger partial charge in [-0.05, 0) is 53.2 Å². The van der Waals surface area contributed by atoms with E-state index in [9.17, 15) is 4.79 Å². The monoisotopic (exact) mass is 309 g/mol. The highest BCUT2D eigenvalue weighted by molar-refractivity contribution is 9.10. The Kier molecular flexibility index (Phi) is 4.10. The maximum absolute atomic E-state index is 12.6. The average molecular weight is 310 g/mol. The second-order valence-corrected chi connectivity index (χ2v) is 6.18. The van der Waals surface area contributed by atoms with Gasteiger partial charge in [0, 0.05) is 17.1 Å². The lowest BCUT2D eigenvalue weighted by molar-refractivity contribution is 0.0700. The zero-order valence-corrected chi connectivity index (χ0v) is 12.8. The summed E-state index contributed by atoms with van der Waals surface area (Å²) >= 11 is 3.54. The summed E-state index contributed by atoms with van der Waals surface area (Å²) in [5.41, 5.74) is 1.91. The summed E-state index contributed by atoms with van der Waals surface area (Å²) in [6.45, 7) is 7.30. The molecule has 1 atom stereocenters. The molecule has 1 aromatic rings. The number of halogens is 1. The number of benzene rings is 1.